The van der Waals surface area contributed by atoms with E-state index in [4.69, 9.17) is 6.11 Å². The van der Waals surface area contributed by atoms with Crippen molar-refractivity contribution >= 4 is 0 Å². The molecule has 0 saturated heterocycles. The molecule has 0 unspecified atom stereocenters. The topological polar surface area (TPSA) is 52.8 Å². The highest BCUT2D eigenvalue weighted by atomic mass is 19.3. The second-order valence-electron chi connectivity index (χ2n) is 4.81. The first-order valence-corrected chi connectivity index (χ1v) is 6.89. The Morgan fingerprint density at radius 2 is 2.04 bits per heavy atom. The van der Waals surface area contributed by atoms with E-state index in [0.29, 0.717) is 29.0 Å². The molecule has 0 aliphatic heterocycles. The van der Waals surface area contributed by atoms with Gasteiger partial charge in [-0.15, -0.1) is 5.10 Å². The molecule has 0 N–H and O–H groups in total. The maximum Gasteiger partial charge on any atom is 0.263 e. The third-order valence-electron chi connectivity index (χ3n) is 3.29. The molecule has 0 aliphatic rings. The Morgan fingerprint density at radius 1 is 1.26 bits per heavy atom. The van der Waals surface area contributed by atoms with Crippen LogP contribution in [0.3, 0.4) is 0 Å². The summed E-state index contributed by atoms with van der Waals surface area (Å²) in [5.41, 5.74) is 1.93. The Hall–Kier alpha value is -2.83. The predicted octanol–water partition coefficient (Wildman–Crippen LogP) is 3.49. The van der Waals surface area contributed by atoms with Gasteiger partial charge in [0.1, 0.15) is 12.3 Å². The van der Waals surface area contributed by atoms with Crippen LogP contribution in [0.1, 0.15) is 24.7 Å². The number of aromatic nitrogens is 4. The molecule has 3 aromatic rings. The van der Waals surface area contributed by atoms with Crippen molar-refractivity contribution in [1.82, 2.24) is 20.0 Å². The van der Waals surface area contributed by atoms with Crippen LogP contribution in [0.5, 0.6) is 5.88 Å². The van der Waals surface area contributed by atoms with Gasteiger partial charge in [0, 0.05) is 17.8 Å². The Labute approximate surface area is 133 Å². The number of rotatable bonds is 5. The van der Waals surface area contributed by atoms with Crippen LogP contribution in [-0.2, 0) is 6.61 Å². The van der Waals surface area contributed by atoms with Gasteiger partial charge < -0.3 is 4.74 Å². The van der Waals surface area contributed by atoms with Crippen molar-refractivity contribution in [3.05, 3.63) is 65.6 Å². The van der Waals surface area contributed by atoms with E-state index in [1.807, 2.05) is 0 Å². The first-order chi connectivity index (χ1) is 11.5. The summed E-state index contributed by atoms with van der Waals surface area (Å²) in [5, 5.41) is 8.05. The monoisotopic (exact) mass is 317 g/mol. The molecule has 0 amide bonds. The number of nitrogens with zero attached hydrogens (tertiary/aromatic N) is 4. The summed E-state index contributed by atoms with van der Waals surface area (Å²) in [7, 11) is 0. The number of hydrogen-bond acceptors (Lipinski definition) is 4. The summed E-state index contributed by atoms with van der Waals surface area (Å²) in [6, 6.07) is 9.31. The van der Waals surface area contributed by atoms with Crippen molar-refractivity contribution in [2.45, 2.75) is 20.0 Å². The molecule has 0 aliphatic carbocycles. The van der Waals surface area contributed by atoms with Crippen LogP contribution in [0.15, 0.2) is 48.6 Å². The molecule has 3 rings (SSSR count). The first-order valence-electron chi connectivity index (χ1n) is 7.39. The molecule has 23 heavy (non-hydrogen) atoms. The van der Waals surface area contributed by atoms with Gasteiger partial charge in [0.15, 0.2) is 0 Å². The fourth-order valence-electron chi connectivity index (χ4n) is 2.04. The second-order valence-corrected chi connectivity index (χ2v) is 4.81. The van der Waals surface area contributed by atoms with Gasteiger partial charge in [0.25, 0.3) is 6.43 Å². The smallest absolute Gasteiger partial charge is 0.263 e. The van der Waals surface area contributed by atoms with E-state index in [9.17, 15) is 8.78 Å². The minimum Gasteiger partial charge on any atom is -0.471 e. The molecule has 5 nitrogen and oxygen atoms in total. The average Bonchev–Trinajstić information content (AvgIpc) is 2.95. The normalized spacial score (nSPS) is 11.6. The van der Waals surface area contributed by atoms with E-state index >= 15 is 0 Å². The summed E-state index contributed by atoms with van der Waals surface area (Å²) in [4.78, 5) is 4.00. The lowest BCUT2D eigenvalue weighted by Crippen LogP contribution is -2.07. The van der Waals surface area contributed by atoms with Gasteiger partial charge in [0.05, 0.1) is 12.8 Å². The average molecular weight is 317 g/mol. The molecular weight excluding hydrogens is 302 g/mol. The number of halogens is 2. The van der Waals surface area contributed by atoms with Crippen molar-refractivity contribution < 1.29 is 14.9 Å². The van der Waals surface area contributed by atoms with Crippen LogP contribution in [0.2, 0.25) is 0 Å². The van der Waals surface area contributed by atoms with Crippen LogP contribution < -0.4 is 4.74 Å². The van der Waals surface area contributed by atoms with Crippen molar-refractivity contribution in [3.8, 4) is 11.6 Å². The van der Waals surface area contributed by atoms with E-state index in [1.165, 1.54) is 18.3 Å². The van der Waals surface area contributed by atoms with E-state index in [2.05, 4.69) is 15.3 Å². The van der Waals surface area contributed by atoms with Crippen molar-refractivity contribution in [3.63, 3.8) is 0 Å². The number of aryl methyl sites for hydroxylation is 1. The number of benzene rings is 1. The maximum absolute atomic E-state index is 12.6. The molecule has 118 valence electrons. The molecule has 7 heteroatoms. The molecule has 0 saturated carbocycles. The fraction of sp³-hybridized carbons (Fsp3) is 0.188. The Bertz CT molecular complexity index is 819. The van der Waals surface area contributed by atoms with Crippen LogP contribution >= 0.6 is 0 Å². The largest absolute Gasteiger partial charge is 0.471 e. The van der Waals surface area contributed by atoms with Crippen molar-refractivity contribution in [2.24, 2.45) is 0 Å². The third kappa shape index (κ3) is 3.33. The minimum absolute atomic E-state index is 0.0481. The highest BCUT2D eigenvalue weighted by molar-refractivity contribution is 5.36. The number of alkyl halides is 2. The van der Waals surface area contributed by atoms with E-state index < -0.39 is 6.43 Å². The zero-order chi connectivity index (χ0) is 17.1. The molecule has 0 atom stereocenters. The summed E-state index contributed by atoms with van der Waals surface area (Å²) in [5.74, 6) is 0.381. The van der Waals surface area contributed by atoms with E-state index in [1.54, 1.807) is 35.9 Å². The number of ether oxygens (including phenoxy) is 1. The Balaban J connectivity index is 1.81. The minimum atomic E-state index is -2.51. The fourth-order valence-corrected chi connectivity index (χ4v) is 2.04. The zero-order valence-corrected chi connectivity index (χ0v) is 12.3. The first kappa shape index (κ1) is 13.8. The highest BCUT2D eigenvalue weighted by Gasteiger charge is 2.13. The lowest BCUT2D eigenvalue weighted by molar-refractivity contribution is 0.151. The van der Waals surface area contributed by atoms with E-state index in [0.717, 1.165) is 0 Å². The highest BCUT2D eigenvalue weighted by Crippen LogP contribution is 2.21. The summed E-state index contributed by atoms with van der Waals surface area (Å²) < 4.78 is 39.8. The standard InChI is InChI=1S/C16H14F2N4O/c1-11-14(10-23-15-4-2-3-9-19-15)22(21-20-11)13-7-5-12(6-8-13)16(17)18/h2-9,16H,10H2,1H3/i3D. The third-order valence-corrected chi connectivity index (χ3v) is 3.29. The summed E-state index contributed by atoms with van der Waals surface area (Å²) in [6.07, 6.45) is -1.12. The molecule has 0 bridgehead atoms. The number of hydrogen-bond donors (Lipinski definition) is 0. The summed E-state index contributed by atoms with van der Waals surface area (Å²) in [6.45, 7) is 1.95. The number of pyridine rings is 1. The quantitative estimate of drug-likeness (QED) is 0.723. The molecular formula is C16H14F2N4O. The Morgan fingerprint density at radius 3 is 2.70 bits per heavy atom. The lowest BCUT2D eigenvalue weighted by atomic mass is 10.2. The van der Waals surface area contributed by atoms with Crippen LogP contribution in [0.4, 0.5) is 8.78 Å². The van der Waals surface area contributed by atoms with Crippen LogP contribution in [-0.4, -0.2) is 20.0 Å². The molecule has 1 aromatic carbocycles. The second kappa shape index (κ2) is 6.51. The maximum atomic E-state index is 12.6. The molecule has 2 aromatic heterocycles. The van der Waals surface area contributed by atoms with Gasteiger partial charge in [0.2, 0.25) is 5.88 Å². The van der Waals surface area contributed by atoms with Gasteiger partial charge in [-0.25, -0.2) is 18.4 Å². The van der Waals surface area contributed by atoms with Crippen LogP contribution in [0, 0.1) is 6.92 Å². The Kier molecular flexibility index (Phi) is 3.91. The molecule has 2 heterocycles. The van der Waals surface area contributed by atoms with Gasteiger partial charge in [-0.3, -0.25) is 0 Å². The van der Waals surface area contributed by atoms with Gasteiger partial charge in [-0.1, -0.05) is 23.4 Å². The van der Waals surface area contributed by atoms with Crippen molar-refractivity contribution in [2.75, 3.05) is 0 Å². The molecule has 0 spiro atoms. The lowest BCUT2D eigenvalue weighted by Gasteiger charge is -2.09. The molecule has 0 fully saturated rings. The van der Waals surface area contributed by atoms with Crippen LogP contribution in [0.25, 0.3) is 5.69 Å². The predicted molar refractivity (Wildman–Crippen MR) is 79.6 cm³/mol. The van der Waals surface area contributed by atoms with E-state index in [-0.39, 0.29) is 12.2 Å². The van der Waals surface area contributed by atoms with Gasteiger partial charge in [-0.05, 0) is 25.1 Å². The molecule has 0 radical (unpaired) electrons. The zero-order valence-electron chi connectivity index (χ0n) is 13.3. The van der Waals surface area contributed by atoms with Crippen molar-refractivity contribution in [1.29, 1.82) is 0 Å². The van der Waals surface area contributed by atoms with Gasteiger partial charge in [-0.2, -0.15) is 0 Å². The van der Waals surface area contributed by atoms with Gasteiger partial charge >= 0.3 is 0 Å². The summed E-state index contributed by atoms with van der Waals surface area (Å²) >= 11 is 0. The SMILES string of the molecule is [2H]c1ccc(OCc2c(C)nnn2-c2ccc(C(F)F)cc2)nc1.